The first-order valence-corrected chi connectivity index (χ1v) is 16.8. The third-order valence-electron chi connectivity index (χ3n) is 8.93. The second-order valence-corrected chi connectivity index (χ2v) is 13.6. The highest BCUT2D eigenvalue weighted by Gasteiger charge is 2.30. The molecule has 2 aromatic rings. The molecule has 1 aliphatic carbocycles. The molecule has 8 heteroatoms. The molecule has 1 aliphatic heterocycles. The Kier molecular flexibility index (Phi) is 12.3. The summed E-state index contributed by atoms with van der Waals surface area (Å²) in [5.74, 6) is 0.379. The third-order valence-corrected chi connectivity index (χ3v) is 9.97. The third kappa shape index (κ3) is 9.29. The zero-order valence-electron chi connectivity index (χ0n) is 25.8. The highest BCUT2D eigenvalue weighted by atomic mass is 32.1. The van der Waals surface area contributed by atoms with Crippen LogP contribution in [0, 0.1) is 11.8 Å². The Morgan fingerprint density at radius 1 is 1.14 bits per heavy atom. The maximum Gasteiger partial charge on any atom is 0.224 e. The van der Waals surface area contributed by atoms with Gasteiger partial charge in [0.25, 0.3) is 0 Å². The molecular formula is C34H49N3O4S. The van der Waals surface area contributed by atoms with E-state index in [0.717, 1.165) is 54.0 Å². The summed E-state index contributed by atoms with van der Waals surface area (Å²) in [7, 11) is 0. The van der Waals surface area contributed by atoms with Gasteiger partial charge in [0.05, 0.1) is 34.4 Å². The molecule has 42 heavy (non-hydrogen) atoms. The lowest BCUT2D eigenvalue weighted by Gasteiger charge is -2.32. The Hall–Kier alpha value is -2.42. The van der Waals surface area contributed by atoms with E-state index in [1.165, 1.54) is 12.0 Å². The van der Waals surface area contributed by atoms with Crippen molar-refractivity contribution < 1.29 is 19.1 Å². The number of fused-ring (bicyclic) bond motifs is 1. The van der Waals surface area contributed by atoms with Crippen LogP contribution in [0.5, 0.6) is 0 Å². The van der Waals surface area contributed by atoms with Crippen LogP contribution in [0.25, 0.3) is 10.2 Å². The molecule has 1 amide bonds. The average molecular weight is 596 g/mol. The first-order valence-electron chi connectivity index (χ1n) is 16.0. The normalized spacial score (nSPS) is 18.2. The van der Waals surface area contributed by atoms with Crippen LogP contribution in [-0.2, 0) is 25.5 Å². The van der Waals surface area contributed by atoms with Gasteiger partial charge in [-0.1, -0.05) is 52.7 Å². The molecule has 1 aromatic carbocycles. The number of amides is 1. The average Bonchev–Trinajstić information content (AvgIpc) is 3.41. The lowest BCUT2D eigenvalue weighted by molar-refractivity contribution is -0.130. The molecule has 0 spiro atoms. The minimum Gasteiger partial charge on any atom is -0.379 e. The molecule has 2 aliphatic rings. The Balaban J connectivity index is 1.44. The molecule has 1 aromatic heterocycles. The fourth-order valence-corrected chi connectivity index (χ4v) is 7.26. The van der Waals surface area contributed by atoms with Gasteiger partial charge in [-0.15, -0.1) is 11.3 Å². The summed E-state index contributed by atoms with van der Waals surface area (Å²) in [6.07, 6.45) is 7.67. The summed E-state index contributed by atoms with van der Waals surface area (Å²) in [5.41, 5.74) is 2.84. The number of ether oxygens (including phenoxy) is 1. The number of benzene rings is 1. The highest BCUT2D eigenvalue weighted by Crippen LogP contribution is 2.31. The van der Waals surface area contributed by atoms with E-state index in [9.17, 15) is 14.4 Å². The summed E-state index contributed by atoms with van der Waals surface area (Å²) in [6, 6.07) is 6.28. The quantitative estimate of drug-likeness (QED) is 0.245. The summed E-state index contributed by atoms with van der Waals surface area (Å²) < 4.78 is 6.54. The van der Waals surface area contributed by atoms with E-state index >= 15 is 0 Å². The van der Waals surface area contributed by atoms with Crippen LogP contribution in [0.2, 0.25) is 0 Å². The van der Waals surface area contributed by atoms with E-state index < -0.39 is 5.92 Å². The summed E-state index contributed by atoms with van der Waals surface area (Å²) in [5, 5.41) is 4.23. The van der Waals surface area contributed by atoms with Gasteiger partial charge < -0.3 is 10.1 Å². The lowest BCUT2D eigenvalue weighted by Crippen LogP contribution is -2.45. The number of hydrogen-bond donors (Lipinski definition) is 1. The smallest absolute Gasteiger partial charge is 0.224 e. The number of aromatic nitrogens is 1. The summed E-state index contributed by atoms with van der Waals surface area (Å²) in [6.45, 7) is 13.9. The molecule has 1 saturated heterocycles. The number of carbonyl (C=O) groups excluding carboxylic acids is 3. The van der Waals surface area contributed by atoms with Crippen LogP contribution >= 0.6 is 11.3 Å². The zero-order valence-corrected chi connectivity index (χ0v) is 26.6. The van der Waals surface area contributed by atoms with Gasteiger partial charge in [-0.05, 0) is 48.8 Å². The van der Waals surface area contributed by atoms with Crippen molar-refractivity contribution in [3.05, 3.63) is 40.9 Å². The number of ketones is 2. The van der Waals surface area contributed by atoms with E-state index in [-0.39, 0.29) is 29.9 Å². The van der Waals surface area contributed by atoms with Crippen molar-refractivity contribution in [1.29, 1.82) is 0 Å². The molecule has 0 radical (unpaired) electrons. The molecule has 2 atom stereocenters. The molecule has 1 saturated carbocycles. The standard InChI is InChI=1S/C34H49N3O4S/c1-5-28(38)19-27(21-33-35-30-12-11-26(23(2)3)20-32(30)42-33)34(40)36-29(25-9-7-6-8-10-25)13-14-31(39)24(4)22-37-15-17-41-18-16-37/h11-12,20,23,25,27,29H,4-10,13-19,21-22H2,1-3H3,(H,36,40)/t27-,29+/m0/s1. The van der Waals surface area contributed by atoms with Crippen LogP contribution in [0.4, 0.5) is 0 Å². The van der Waals surface area contributed by atoms with Gasteiger partial charge in [0.1, 0.15) is 5.78 Å². The van der Waals surface area contributed by atoms with Crippen LogP contribution < -0.4 is 5.32 Å². The van der Waals surface area contributed by atoms with Gasteiger partial charge in [-0.3, -0.25) is 19.3 Å². The maximum absolute atomic E-state index is 13.8. The number of rotatable bonds is 15. The second kappa shape index (κ2) is 15.9. The lowest BCUT2D eigenvalue weighted by atomic mass is 9.81. The molecule has 2 fully saturated rings. The van der Waals surface area contributed by atoms with Crippen molar-refractivity contribution in [2.75, 3.05) is 32.8 Å². The van der Waals surface area contributed by atoms with E-state index in [2.05, 4.69) is 48.8 Å². The highest BCUT2D eigenvalue weighted by molar-refractivity contribution is 7.18. The first kappa shape index (κ1) is 32.5. The van der Waals surface area contributed by atoms with Gasteiger partial charge in [0.15, 0.2) is 5.78 Å². The van der Waals surface area contributed by atoms with Crippen LogP contribution in [0.15, 0.2) is 30.4 Å². The molecule has 0 unspecified atom stereocenters. The van der Waals surface area contributed by atoms with Crippen LogP contribution in [0.3, 0.4) is 0 Å². The van der Waals surface area contributed by atoms with E-state index in [1.54, 1.807) is 11.3 Å². The zero-order chi connectivity index (χ0) is 30.1. The molecular weight excluding hydrogens is 546 g/mol. The number of Topliss-reactive ketones (excluding diaryl/α,β-unsaturated/α-hetero) is 2. The predicted molar refractivity (Wildman–Crippen MR) is 170 cm³/mol. The number of nitrogens with one attached hydrogen (secondary N) is 1. The van der Waals surface area contributed by atoms with Crippen molar-refractivity contribution in [2.24, 2.45) is 11.8 Å². The Bertz CT molecular complexity index is 1230. The van der Waals surface area contributed by atoms with Gasteiger partial charge in [-0.25, -0.2) is 4.98 Å². The minimum atomic E-state index is -0.472. The second-order valence-electron chi connectivity index (χ2n) is 12.5. The van der Waals surface area contributed by atoms with E-state index in [1.807, 2.05) is 6.92 Å². The van der Waals surface area contributed by atoms with Crippen LogP contribution in [-0.4, -0.2) is 66.2 Å². The molecule has 2 heterocycles. The topological polar surface area (TPSA) is 88.6 Å². The number of carbonyl (C=O) groups is 3. The van der Waals surface area contributed by atoms with Crippen molar-refractivity contribution >= 4 is 39.0 Å². The van der Waals surface area contributed by atoms with Gasteiger partial charge >= 0.3 is 0 Å². The van der Waals surface area contributed by atoms with Gasteiger partial charge in [0, 0.05) is 56.9 Å². The van der Waals surface area contributed by atoms with Crippen molar-refractivity contribution in [3.8, 4) is 0 Å². The SMILES string of the molecule is C=C(CN1CCOCC1)C(=O)CC[C@@H](NC(=O)[C@@H](CC(=O)CC)Cc1nc2ccc(C(C)C)cc2s1)C1CCCCC1. The van der Waals surface area contributed by atoms with Crippen LogP contribution in [0.1, 0.15) is 95.0 Å². The molecule has 0 bridgehead atoms. The summed E-state index contributed by atoms with van der Waals surface area (Å²) in [4.78, 5) is 46.5. The Morgan fingerprint density at radius 3 is 2.57 bits per heavy atom. The minimum absolute atomic E-state index is 0.0736. The number of nitrogens with zero attached hydrogens (tertiary/aromatic N) is 2. The largest absolute Gasteiger partial charge is 0.379 e. The van der Waals surface area contributed by atoms with E-state index in [4.69, 9.17) is 9.72 Å². The number of thiazole rings is 1. The van der Waals surface area contributed by atoms with E-state index in [0.29, 0.717) is 62.9 Å². The number of hydrogen-bond acceptors (Lipinski definition) is 7. The molecule has 230 valence electrons. The van der Waals surface area contributed by atoms with Crippen molar-refractivity contribution in [3.63, 3.8) is 0 Å². The number of morpholine rings is 1. The Labute approximate surface area is 255 Å². The van der Waals surface area contributed by atoms with Crippen molar-refractivity contribution in [2.45, 2.75) is 96.9 Å². The fourth-order valence-electron chi connectivity index (χ4n) is 6.17. The monoisotopic (exact) mass is 595 g/mol. The summed E-state index contributed by atoms with van der Waals surface area (Å²) >= 11 is 1.62. The fraction of sp³-hybridized carbons (Fsp3) is 0.647. The molecule has 4 rings (SSSR count). The molecule has 1 N–H and O–H groups in total. The van der Waals surface area contributed by atoms with Gasteiger partial charge in [-0.2, -0.15) is 0 Å². The van der Waals surface area contributed by atoms with Crippen molar-refractivity contribution in [1.82, 2.24) is 15.2 Å². The maximum atomic E-state index is 13.8. The Morgan fingerprint density at radius 2 is 1.88 bits per heavy atom. The first-order chi connectivity index (χ1) is 20.2. The van der Waals surface area contributed by atoms with Gasteiger partial charge in [0.2, 0.25) is 5.91 Å². The predicted octanol–water partition coefficient (Wildman–Crippen LogP) is 6.25. The molecule has 7 nitrogen and oxygen atoms in total.